The maximum Gasteiger partial charge on any atom is 0.158 e. The van der Waals surface area contributed by atoms with Gasteiger partial charge in [0.25, 0.3) is 0 Å². The van der Waals surface area contributed by atoms with Crippen molar-refractivity contribution < 1.29 is 4.79 Å². The van der Waals surface area contributed by atoms with E-state index in [9.17, 15) is 4.79 Å². The maximum absolute atomic E-state index is 11.2. The van der Waals surface area contributed by atoms with Gasteiger partial charge in [0.05, 0.1) is 5.03 Å². The summed E-state index contributed by atoms with van der Waals surface area (Å²) in [4.78, 5) is 13.4. The van der Waals surface area contributed by atoms with Crippen LogP contribution in [-0.4, -0.2) is 30.0 Å². The van der Waals surface area contributed by atoms with Gasteiger partial charge < -0.3 is 4.90 Å². The summed E-state index contributed by atoms with van der Waals surface area (Å²) in [6.07, 6.45) is 3.40. The first-order valence-corrected chi connectivity index (χ1v) is 5.31. The van der Waals surface area contributed by atoms with Crippen molar-refractivity contribution in [2.45, 2.75) is 19.8 Å². The average molecular weight is 185 g/mol. The highest BCUT2D eigenvalue weighted by molar-refractivity contribution is 8.03. The molecule has 12 heavy (non-hydrogen) atoms. The SMILES string of the molecule is CCCC(=O)/C=C1/SCCN1C. The number of thioether (sulfide) groups is 1. The minimum Gasteiger partial charge on any atom is -0.368 e. The van der Waals surface area contributed by atoms with E-state index in [1.165, 1.54) is 0 Å². The van der Waals surface area contributed by atoms with Crippen molar-refractivity contribution in [3.63, 3.8) is 0 Å². The molecule has 0 aromatic heterocycles. The lowest BCUT2D eigenvalue weighted by molar-refractivity contribution is -0.114. The van der Waals surface area contributed by atoms with Gasteiger partial charge in [0.15, 0.2) is 5.78 Å². The van der Waals surface area contributed by atoms with Gasteiger partial charge >= 0.3 is 0 Å². The number of hydrogen-bond acceptors (Lipinski definition) is 3. The van der Waals surface area contributed by atoms with Gasteiger partial charge in [-0.2, -0.15) is 0 Å². The number of carbonyl (C=O) groups excluding carboxylic acids is 1. The van der Waals surface area contributed by atoms with E-state index >= 15 is 0 Å². The molecule has 0 bridgehead atoms. The van der Waals surface area contributed by atoms with E-state index in [0.717, 1.165) is 23.7 Å². The molecular formula is C9H15NOS. The first-order valence-electron chi connectivity index (χ1n) is 4.32. The van der Waals surface area contributed by atoms with Crippen LogP contribution >= 0.6 is 11.8 Å². The second kappa shape index (κ2) is 4.55. The molecule has 1 fully saturated rings. The lowest BCUT2D eigenvalue weighted by Gasteiger charge is -2.09. The predicted octanol–water partition coefficient (Wildman–Crippen LogP) is 1.88. The highest BCUT2D eigenvalue weighted by Gasteiger charge is 2.13. The van der Waals surface area contributed by atoms with Crippen molar-refractivity contribution in [2.75, 3.05) is 19.3 Å². The summed E-state index contributed by atoms with van der Waals surface area (Å²) in [5.74, 6) is 1.37. The molecule has 0 aliphatic carbocycles. The summed E-state index contributed by atoms with van der Waals surface area (Å²) in [5, 5.41) is 1.13. The van der Waals surface area contributed by atoms with Gasteiger partial charge in [-0.15, -0.1) is 11.8 Å². The molecule has 0 aromatic carbocycles. The fourth-order valence-corrected chi connectivity index (χ4v) is 2.22. The van der Waals surface area contributed by atoms with Crippen molar-refractivity contribution >= 4 is 17.5 Å². The zero-order valence-electron chi connectivity index (χ0n) is 7.67. The summed E-state index contributed by atoms with van der Waals surface area (Å²) in [5.41, 5.74) is 0. The Labute approximate surface area is 78.0 Å². The van der Waals surface area contributed by atoms with Gasteiger partial charge in [0, 0.05) is 31.8 Å². The van der Waals surface area contributed by atoms with Gasteiger partial charge in [-0.3, -0.25) is 4.79 Å². The first kappa shape index (κ1) is 9.65. The quantitative estimate of drug-likeness (QED) is 0.626. The third-order valence-corrected chi connectivity index (χ3v) is 2.95. The van der Waals surface area contributed by atoms with Crippen LogP contribution in [-0.2, 0) is 4.79 Å². The largest absolute Gasteiger partial charge is 0.368 e. The van der Waals surface area contributed by atoms with Crippen LogP contribution in [0.1, 0.15) is 19.8 Å². The molecule has 0 aromatic rings. The highest BCUT2D eigenvalue weighted by Crippen LogP contribution is 2.25. The van der Waals surface area contributed by atoms with E-state index in [2.05, 4.69) is 4.90 Å². The number of allylic oxidation sites excluding steroid dienone is 1. The third kappa shape index (κ3) is 2.55. The van der Waals surface area contributed by atoms with Crippen LogP contribution in [0.3, 0.4) is 0 Å². The smallest absolute Gasteiger partial charge is 0.158 e. The maximum atomic E-state index is 11.2. The van der Waals surface area contributed by atoms with Gasteiger partial charge in [0.2, 0.25) is 0 Å². The summed E-state index contributed by atoms with van der Waals surface area (Å²) < 4.78 is 0. The number of nitrogens with zero attached hydrogens (tertiary/aromatic N) is 1. The third-order valence-electron chi connectivity index (χ3n) is 1.83. The van der Waals surface area contributed by atoms with Crippen LogP contribution in [0.2, 0.25) is 0 Å². The van der Waals surface area contributed by atoms with Crippen molar-refractivity contribution in [1.29, 1.82) is 0 Å². The van der Waals surface area contributed by atoms with Crippen molar-refractivity contribution in [3.8, 4) is 0 Å². The first-order chi connectivity index (χ1) is 5.74. The summed E-state index contributed by atoms with van der Waals surface area (Å²) >= 11 is 1.77. The zero-order chi connectivity index (χ0) is 8.97. The molecule has 3 heteroatoms. The van der Waals surface area contributed by atoms with E-state index in [-0.39, 0.29) is 5.78 Å². The van der Waals surface area contributed by atoms with Crippen molar-refractivity contribution in [1.82, 2.24) is 4.90 Å². The van der Waals surface area contributed by atoms with Crippen LogP contribution in [0.4, 0.5) is 0 Å². The van der Waals surface area contributed by atoms with Crippen LogP contribution in [0.25, 0.3) is 0 Å². The zero-order valence-corrected chi connectivity index (χ0v) is 8.49. The van der Waals surface area contributed by atoms with Gasteiger partial charge in [-0.25, -0.2) is 0 Å². The summed E-state index contributed by atoms with van der Waals surface area (Å²) in [7, 11) is 2.03. The lowest BCUT2D eigenvalue weighted by atomic mass is 10.2. The van der Waals surface area contributed by atoms with E-state index in [1.54, 1.807) is 17.8 Å². The minimum absolute atomic E-state index is 0.258. The molecule has 1 aliphatic heterocycles. The van der Waals surface area contributed by atoms with Crippen LogP contribution < -0.4 is 0 Å². The number of hydrogen-bond donors (Lipinski definition) is 0. The van der Waals surface area contributed by atoms with E-state index in [1.807, 2.05) is 14.0 Å². The Hall–Kier alpha value is -0.440. The van der Waals surface area contributed by atoms with Gasteiger partial charge in [-0.05, 0) is 6.42 Å². The summed E-state index contributed by atoms with van der Waals surface area (Å²) in [6, 6.07) is 0. The topological polar surface area (TPSA) is 20.3 Å². The molecule has 0 amide bonds. The fraction of sp³-hybridized carbons (Fsp3) is 0.667. The monoisotopic (exact) mass is 185 g/mol. The minimum atomic E-state index is 0.258. The standard InChI is InChI=1S/C9H15NOS/c1-3-4-8(11)7-9-10(2)5-6-12-9/h7H,3-6H2,1-2H3/b9-7+. The molecule has 1 saturated heterocycles. The van der Waals surface area contributed by atoms with E-state index in [4.69, 9.17) is 0 Å². The van der Waals surface area contributed by atoms with Gasteiger partial charge in [-0.1, -0.05) is 6.92 Å². The van der Waals surface area contributed by atoms with Crippen LogP contribution in [0, 0.1) is 0 Å². The number of ketones is 1. The van der Waals surface area contributed by atoms with E-state index in [0.29, 0.717) is 6.42 Å². The van der Waals surface area contributed by atoms with E-state index < -0.39 is 0 Å². The Bertz CT molecular complexity index is 201. The molecule has 0 spiro atoms. The molecule has 1 heterocycles. The Morgan fingerprint density at radius 3 is 3.00 bits per heavy atom. The predicted molar refractivity (Wildman–Crippen MR) is 53.1 cm³/mol. The molecule has 2 nitrogen and oxygen atoms in total. The molecule has 68 valence electrons. The summed E-state index contributed by atoms with van der Waals surface area (Å²) in [6.45, 7) is 3.10. The molecule has 1 rings (SSSR count). The molecule has 0 atom stereocenters. The second-order valence-corrected chi connectivity index (χ2v) is 4.08. The Balaban J connectivity index is 2.49. The van der Waals surface area contributed by atoms with Crippen LogP contribution in [0.15, 0.2) is 11.1 Å². The fourth-order valence-electron chi connectivity index (χ4n) is 1.12. The molecule has 0 N–H and O–H groups in total. The van der Waals surface area contributed by atoms with Crippen molar-refractivity contribution in [3.05, 3.63) is 11.1 Å². The van der Waals surface area contributed by atoms with Crippen LogP contribution in [0.5, 0.6) is 0 Å². The Kier molecular flexibility index (Phi) is 3.66. The molecule has 1 aliphatic rings. The highest BCUT2D eigenvalue weighted by atomic mass is 32.2. The molecule has 0 radical (unpaired) electrons. The number of rotatable bonds is 3. The van der Waals surface area contributed by atoms with Gasteiger partial charge in [0.1, 0.15) is 0 Å². The normalized spacial score (nSPS) is 20.5. The lowest BCUT2D eigenvalue weighted by Crippen LogP contribution is -2.11. The average Bonchev–Trinajstić information content (AvgIpc) is 2.37. The Morgan fingerprint density at radius 2 is 2.50 bits per heavy atom. The van der Waals surface area contributed by atoms with Crippen molar-refractivity contribution in [2.24, 2.45) is 0 Å². The molecule has 0 unspecified atom stereocenters. The number of carbonyl (C=O) groups is 1. The Morgan fingerprint density at radius 1 is 1.75 bits per heavy atom. The second-order valence-electron chi connectivity index (χ2n) is 2.97. The molecular weight excluding hydrogens is 170 g/mol. The molecule has 0 saturated carbocycles.